The summed E-state index contributed by atoms with van der Waals surface area (Å²) in [5.74, 6) is 1.98. The lowest BCUT2D eigenvalue weighted by Crippen LogP contribution is -2.40. The third-order valence-electron chi connectivity index (χ3n) is 6.46. The molecule has 2 atom stereocenters. The van der Waals surface area contributed by atoms with Crippen LogP contribution in [0.3, 0.4) is 0 Å². The Bertz CT molecular complexity index is 1190. The number of hydrogen-bond donors (Lipinski definition) is 3. The van der Waals surface area contributed by atoms with Crippen molar-refractivity contribution in [1.82, 2.24) is 29.5 Å². The van der Waals surface area contributed by atoms with E-state index in [1.165, 1.54) is 19.2 Å². The zero-order valence-electron chi connectivity index (χ0n) is 17.8. The molecule has 3 aromatic rings. The van der Waals surface area contributed by atoms with Gasteiger partial charge in [0.15, 0.2) is 5.82 Å². The molecule has 2 unspecified atom stereocenters. The fraction of sp³-hybridized carbons (Fsp3) is 0.476. The van der Waals surface area contributed by atoms with Gasteiger partial charge in [-0.05, 0) is 38.5 Å². The summed E-state index contributed by atoms with van der Waals surface area (Å²) in [5, 5.41) is 14.1. The number of carbonyl (C=O) groups excluding carboxylic acids is 2. The molecule has 1 saturated carbocycles. The molecule has 3 aromatic heterocycles. The minimum atomic E-state index is -0.566. The van der Waals surface area contributed by atoms with Crippen molar-refractivity contribution in [3.63, 3.8) is 0 Å². The highest BCUT2D eigenvalue weighted by Gasteiger charge is 2.39. The van der Waals surface area contributed by atoms with Crippen LogP contribution in [-0.4, -0.2) is 54.3 Å². The highest BCUT2D eigenvalue weighted by Crippen LogP contribution is 2.40. The number of amides is 1. The van der Waals surface area contributed by atoms with E-state index in [9.17, 15) is 9.59 Å². The van der Waals surface area contributed by atoms with E-state index in [0.717, 1.165) is 65.7 Å². The van der Waals surface area contributed by atoms with Gasteiger partial charge in [-0.2, -0.15) is 14.5 Å². The first-order valence-electron chi connectivity index (χ1n) is 11.2. The van der Waals surface area contributed by atoms with Crippen LogP contribution in [0.15, 0.2) is 12.4 Å². The first-order valence-corrected chi connectivity index (χ1v) is 12.0. The number of aryl methyl sites for hydroxylation is 1. The average Bonchev–Trinajstić information content (AvgIpc) is 3.28. The predicted molar refractivity (Wildman–Crippen MR) is 122 cm³/mol. The number of H-pyrrole nitrogens is 1. The van der Waals surface area contributed by atoms with Gasteiger partial charge >= 0.3 is 0 Å². The topological polar surface area (TPSA) is 142 Å². The number of rotatable bonds is 7. The zero-order valence-corrected chi connectivity index (χ0v) is 18.6. The number of hydrogen-bond acceptors (Lipinski definition) is 10. The van der Waals surface area contributed by atoms with Gasteiger partial charge in [-0.3, -0.25) is 15.2 Å². The molecule has 3 N–H and O–H groups in total. The smallest absolute Gasteiger partial charge is 0.249 e. The molecular formula is C21H23N9O2S. The van der Waals surface area contributed by atoms with Crippen LogP contribution in [0.4, 0.5) is 22.7 Å². The molecule has 2 fully saturated rings. The van der Waals surface area contributed by atoms with E-state index in [0.29, 0.717) is 30.0 Å². The Labute approximate surface area is 193 Å². The summed E-state index contributed by atoms with van der Waals surface area (Å²) in [6, 6.07) is 1.47. The Balaban J connectivity index is 1.30. The summed E-state index contributed by atoms with van der Waals surface area (Å²) in [5.41, 5.74) is 3.22. The van der Waals surface area contributed by atoms with Crippen LogP contribution >= 0.6 is 11.5 Å². The molecule has 4 heterocycles. The van der Waals surface area contributed by atoms with Gasteiger partial charge in [-0.1, -0.05) is 0 Å². The quantitative estimate of drug-likeness (QED) is 0.448. The standard InChI is InChI=1S/C21H23N9O2S/c31-9-11-6-16(19(32)27-21-22-10-23-33-21)30(8-11)20-24-14-3-1-2-13(14)18(26-20)25-17-7-15(28-29-17)12-4-5-12/h7,9-12,16H,1-6,8H2,(H,22,23,27,32)(H2,24,25,26,28,29). The molecule has 6 rings (SSSR count). The Morgan fingerprint density at radius 2 is 2.18 bits per heavy atom. The minimum absolute atomic E-state index is 0.240. The van der Waals surface area contributed by atoms with Gasteiger partial charge in [-0.15, -0.1) is 0 Å². The number of fused-ring (bicyclic) bond motifs is 1. The number of aromatic nitrogens is 6. The van der Waals surface area contributed by atoms with Crippen LogP contribution in [0.1, 0.15) is 48.6 Å². The van der Waals surface area contributed by atoms with Gasteiger partial charge in [0.05, 0.1) is 5.69 Å². The summed E-state index contributed by atoms with van der Waals surface area (Å²) in [6.07, 6.45) is 7.86. The zero-order chi connectivity index (χ0) is 22.4. The van der Waals surface area contributed by atoms with Crippen LogP contribution in [0.5, 0.6) is 0 Å². The molecule has 0 bridgehead atoms. The number of aldehydes is 1. The predicted octanol–water partition coefficient (Wildman–Crippen LogP) is 2.19. The Morgan fingerprint density at radius 3 is 2.97 bits per heavy atom. The van der Waals surface area contributed by atoms with Crippen LogP contribution in [0, 0.1) is 5.92 Å². The molecule has 0 radical (unpaired) electrons. The molecule has 11 nitrogen and oxygen atoms in total. The van der Waals surface area contributed by atoms with E-state index in [4.69, 9.17) is 9.97 Å². The maximum Gasteiger partial charge on any atom is 0.249 e. The lowest BCUT2D eigenvalue weighted by Gasteiger charge is -2.24. The number of carbonyl (C=O) groups is 2. The summed E-state index contributed by atoms with van der Waals surface area (Å²) in [6.45, 7) is 0.393. The molecular weight excluding hydrogens is 442 g/mol. The average molecular weight is 466 g/mol. The van der Waals surface area contributed by atoms with Crippen LogP contribution in [-0.2, 0) is 22.4 Å². The normalized spacial score (nSPS) is 21.8. The van der Waals surface area contributed by atoms with E-state index < -0.39 is 6.04 Å². The van der Waals surface area contributed by atoms with Crippen molar-refractivity contribution in [3.05, 3.63) is 29.3 Å². The SMILES string of the molecule is O=CC1CC(C(=O)Nc2ncns2)N(c2nc3c(c(Nc4cc(C5CC5)[nH]n4)n2)CCC3)C1. The maximum absolute atomic E-state index is 13.0. The molecule has 1 amide bonds. The second-order valence-electron chi connectivity index (χ2n) is 8.79. The van der Waals surface area contributed by atoms with Crippen LogP contribution in [0.25, 0.3) is 0 Å². The summed E-state index contributed by atoms with van der Waals surface area (Å²) in [7, 11) is 0. The van der Waals surface area contributed by atoms with E-state index in [2.05, 4.69) is 30.2 Å². The number of nitrogens with zero attached hydrogens (tertiary/aromatic N) is 6. The van der Waals surface area contributed by atoms with Crippen LogP contribution < -0.4 is 15.5 Å². The first kappa shape index (κ1) is 20.2. The van der Waals surface area contributed by atoms with Crippen LogP contribution in [0.2, 0.25) is 0 Å². The van der Waals surface area contributed by atoms with Crippen molar-refractivity contribution in [1.29, 1.82) is 0 Å². The fourth-order valence-electron chi connectivity index (χ4n) is 4.63. The van der Waals surface area contributed by atoms with Crippen molar-refractivity contribution in [2.24, 2.45) is 5.92 Å². The largest absolute Gasteiger partial charge is 0.328 e. The monoisotopic (exact) mass is 465 g/mol. The van der Waals surface area contributed by atoms with E-state index in [1.54, 1.807) is 0 Å². The molecule has 170 valence electrons. The third kappa shape index (κ3) is 3.94. The Kier molecular flexibility index (Phi) is 5.01. The Morgan fingerprint density at radius 1 is 1.27 bits per heavy atom. The second kappa shape index (κ2) is 8.18. The summed E-state index contributed by atoms with van der Waals surface area (Å²) < 4.78 is 3.92. The lowest BCUT2D eigenvalue weighted by molar-refractivity contribution is -0.117. The van der Waals surface area contributed by atoms with Gasteiger partial charge < -0.3 is 15.0 Å². The van der Waals surface area contributed by atoms with Crippen molar-refractivity contribution >= 4 is 46.4 Å². The van der Waals surface area contributed by atoms with Gasteiger partial charge in [0, 0.05) is 47.2 Å². The van der Waals surface area contributed by atoms with Crippen molar-refractivity contribution in [2.75, 3.05) is 22.1 Å². The minimum Gasteiger partial charge on any atom is -0.328 e. The van der Waals surface area contributed by atoms with Crippen molar-refractivity contribution in [2.45, 2.75) is 50.5 Å². The summed E-state index contributed by atoms with van der Waals surface area (Å²) in [4.78, 5) is 40.1. The highest BCUT2D eigenvalue weighted by atomic mass is 32.1. The fourth-order valence-corrected chi connectivity index (χ4v) is 5.06. The van der Waals surface area contributed by atoms with Gasteiger partial charge in [0.25, 0.3) is 0 Å². The molecule has 1 aliphatic heterocycles. The highest BCUT2D eigenvalue weighted by molar-refractivity contribution is 7.09. The molecule has 2 aliphatic carbocycles. The third-order valence-corrected chi connectivity index (χ3v) is 7.04. The Hall–Kier alpha value is -3.41. The van der Waals surface area contributed by atoms with Gasteiger partial charge in [-0.25, -0.2) is 9.97 Å². The lowest BCUT2D eigenvalue weighted by atomic mass is 10.1. The molecule has 12 heteroatoms. The number of nitrogens with one attached hydrogen (secondary N) is 3. The number of anilines is 4. The molecule has 0 aromatic carbocycles. The molecule has 0 spiro atoms. The van der Waals surface area contributed by atoms with Crippen molar-refractivity contribution < 1.29 is 9.59 Å². The second-order valence-corrected chi connectivity index (χ2v) is 9.57. The van der Waals surface area contributed by atoms with Gasteiger partial charge in [0.2, 0.25) is 17.0 Å². The van der Waals surface area contributed by atoms with E-state index >= 15 is 0 Å². The molecule has 33 heavy (non-hydrogen) atoms. The molecule has 1 saturated heterocycles. The maximum atomic E-state index is 13.0. The van der Waals surface area contributed by atoms with Crippen molar-refractivity contribution in [3.8, 4) is 0 Å². The van der Waals surface area contributed by atoms with E-state index in [1.807, 2.05) is 11.0 Å². The summed E-state index contributed by atoms with van der Waals surface area (Å²) >= 11 is 1.11. The van der Waals surface area contributed by atoms with Gasteiger partial charge in [0.1, 0.15) is 24.5 Å². The van der Waals surface area contributed by atoms with E-state index in [-0.39, 0.29) is 11.8 Å². The molecule has 3 aliphatic rings. The first-order chi connectivity index (χ1) is 16.2. The number of aromatic amines is 1.